The van der Waals surface area contributed by atoms with Crippen molar-refractivity contribution in [3.05, 3.63) is 75.9 Å². The highest BCUT2D eigenvalue weighted by Crippen LogP contribution is 2.18. The highest BCUT2D eigenvalue weighted by Gasteiger charge is 2.18. The standard InChI is InChI=1S/C12H14N2O3S.C7H6Cl2/c1-3-11(13-4-2)12(15)14-18(16,17)10-8-6-5-7-9-10;1-5-4-6(8)2-3-7(5)9/h3-9H,1-2H3,(H,14,15);2-4H,1H3/b11-3-,13-4?;. The molecule has 27 heavy (non-hydrogen) atoms. The maximum absolute atomic E-state index is 11.9. The number of aryl methyl sites for hydroxylation is 1. The Labute approximate surface area is 169 Å². The third-order valence-corrected chi connectivity index (χ3v) is 5.18. The van der Waals surface area contributed by atoms with Crippen LogP contribution < -0.4 is 4.72 Å². The summed E-state index contributed by atoms with van der Waals surface area (Å²) < 4.78 is 25.7. The summed E-state index contributed by atoms with van der Waals surface area (Å²) in [5, 5.41) is 1.50. The summed E-state index contributed by atoms with van der Waals surface area (Å²) in [7, 11) is -3.85. The van der Waals surface area contributed by atoms with Gasteiger partial charge in [-0.2, -0.15) is 0 Å². The molecule has 1 amide bonds. The van der Waals surface area contributed by atoms with Gasteiger partial charge in [-0.3, -0.25) is 9.79 Å². The van der Waals surface area contributed by atoms with Crippen LogP contribution >= 0.6 is 23.2 Å². The summed E-state index contributed by atoms with van der Waals surface area (Å²) >= 11 is 11.4. The molecule has 0 atom stereocenters. The minimum atomic E-state index is -3.85. The van der Waals surface area contributed by atoms with Crippen LogP contribution in [0.2, 0.25) is 10.0 Å². The largest absolute Gasteiger partial charge is 0.283 e. The predicted molar refractivity (Wildman–Crippen MR) is 111 cm³/mol. The normalized spacial score (nSPS) is 11.7. The lowest BCUT2D eigenvalue weighted by molar-refractivity contribution is -0.115. The van der Waals surface area contributed by atoms with Crippen LogP contribution in [-0.2, 0) is 14.8 Å². The summed E-state index contributed by atoms with van der Waals surface area (Å²) in [5.74, 6) is -0.751. The van der Waals surface area contributed by atoms with Gasteiger partial charge in [0.25, 0.3) is 15.9 Å². The Kier molecular flexibility index (Phi) is 9.21. The topological polar surface area (TPSA) is 75.6 Å². The molecule has 0 radical (unpaired) electrons. The number of amides is 1. The van der Waals surface area contributed by atoms with Crippen molar-refractivity contribution < 1.29 is 13.2 Å². The Morgan fingerprint density at radius 2 is 1.70 bits per heavy atom. The van der Waals surface area contributed by atoms with E-state index in [1.807, 2.05) is 17.7 Å². The van der Waals surface area contributed by atoms with Crippen LogP contribution in [-0.4, -0.2) is 20.5 Å². The Bertz CT molecular complexity index is 941. The van der Waals surface area contributed by atoms with Gasteiger partial charge >= 0.3 is 0 Å². The van der Waals surface area contributed by atoms with Gasteiger partial charge in [0, 0.05) is 16.3 Å². The van der Waals surface area contributed by atoms with E-state index in [2.05, 4.69) is 4.99 Å². The lowest BCUT2D eigenvalue weighted by Crippen LogP contribution is -2.31. The van der Waals surface area contributed by atoms with Crippen molar-refractivity contribution in [3.8, 4) is 0 Å². The predicted octanol–water partition coefficient (Wildman–Crippen LogP) is 4.79. The second kappa shape index (κ2) is 10.9. The number of hydrogen-bond donors (Lipinski definition) is 1. The molecule has 0 aliphatic carbocycles. The molecule has 2 aromatic carbocycles. The van der Waals surface area contributed by atoms with E-state index in [9.17, 15) is 13.2 Å². The van der Waals surface area contributed by atoms with E-state index < -0.39 is 15.9 Å². The van der Waals surface area contributed by atoms with Crippen LogP contribution in [0.5, 0.6) is 0 Å². The first-order valence-corrected chi connectivity index (χ1v) is 10.1. The number of benzene rings is 2. The van der Waals surface area contributed by atoms with E-state index in [-0.39, 0.29) is 10.6 Å². The molecule has 0 aliphatic heterocycles. The van der Waals surface area contributed by atoms with Crippen LogP contribution in [0.15, 0.2) is 70.2 Å². The van der Waals surface area contributed by atoms with Crippen molar-refractivity contribution in [3.63, 3.8) is 0 Å². The Morgan fingerprint density at radius 3 is 2.19 bits per heavy atom. The summed E-state index contributed by atoms with van der Waals surface area (Å²) in [6.07, 6.45) is 2.86. The molecule has 2 aromatic rings. The van der Waals surface area contributed by atoms with Gasteiger partial charge in [0.1, 0.15) is 5.70 Å². The number of nitrogens with zero attached hydrogens (tertiary/aromatic N) is 1. The van der Waals surface area contributed by atoms with Crippen molar-refractivity contribution in [2.45, 2.75) is 25.7 Å². The van der Waals surface area contributed by atoms with Crippen molar-refractivity contribution in [2.24, 2.45) is 4.99 Å². The van der Waals surface area contributed by atoms with E-state index in [1.54, 1.807) is 44.2 Å². The number of carbonyl (C=O) groups is 1. The number of carbonyl (C=O) groups excluding carboxylic acids is 1. The van der Waals surface area contributed by atoms with Crippen molar-refractivity contribution in [1.29, 1.82) is 0 Å². The van der Waals surface area contributed by atoms with E-state index in [1.165, 1.54) is 24.4 Å². The summed E-state index contributed by atoms with van der Waals surface area (Å²) in [6, 6.07) is 13.1. The van der Waals surface area contributed by atoms with Crippen molar-refractivity contribution >= 4 is 45.3 Å². The van der Waals surface area contributed by atoms with Gasteiger partial charge < -0.3 is 0 Å². The SMILES string of the molecule is CC=N/C(=C\C)C(=O)NS(=O)(=O)c1ccccc1.Cc1cc(Cl)ccc1Cl. The van der Waals surface area contributed by atoms with Gasteiger partial charge in [-0.1, -0.05) is 47.5 Å². The Balaban J connectivity index is 0.000000337. The van der Waals surface area contributed by atoms with Gasteiger partial charge in [0.05, 0.1) is 4.90 Å². The monoisotopic (exact) mass is 426 g/mol. The molecule has 144 valence electrons. The molecule has 0 aromatic heterocycles. The van der Waals surface area contributed by atoms with Crippen LogP contribution in [0.25, 0.3) is 0 Å². The number of rotatable bonds is 4. The maximum atomic E-state index is 11.9. The Morgan fingerprint density at radius 1 is 1.07 bits per heavy atom. The molecule has 5 nitrogen and oxygen atoms in total. The van der Waals surface area contributed by atoms with Crippen molar-refractivity contribution in [2.75, 3.05) is 0 Å². The summed E-state index contributed by atoms with van der Waals surface area (Å²) in [5.41, 5.74) is 1.07. The fourth-order valence-electron chi connectivity index (χ4n) is 1.84. The highest BCUT2D eigenvalue weighted by atomic mass is 35.5. The first-order chi connectivity index (χ1) is 12.7. The third kappa shape index (κ3) is 7.54. The number of aliphatic imine (C=N–C) groups is 1. The fourth-order valence-corrected chi connectivity index (χ4v) is 3.17. The lowest BCUT2D eigenvalue weighted by atomic mass is 10.2. The number of nitrogens with one attached hydrogen (secondary N) is 1. The molecule has 0 saturated heterocycles. The molecule has 0 fully saturated rings. The van der Waals surface area contributed by atoms with E-state index in [0.717, 1.165) is 15.6 Å². The zero-order chi connectivity index (χ0) is 20.4. The van der Waals surface area contributed by atoms with Gasteiger partial charge in [-0.05, 0) is 56.7 Å². The summed E-state index contributed by atoms with van der Waals surface area (Å²) in [6.45, 7) is 5.17. The lowest BCUT2D eigenvalue weighted by Gasteiger charge is -2.06. The molecule has 0 saturated carbocycles. The second-order valence-corrected chi connectivity index (χ2v) is 7.73. The minimum absolute atomic E-state index is 0.0364. The number of halogens is 2. The highest BCUT2D eigenvalue weighted by molar-refractivity contribution is 7.90. The molecule has 2 rings (SSSR count). The molecule has 1 N–H and O–H groups in total. The smallest absolute Gasteiger partial charge is 0.266 e. The zero-order valence-corrected chi connectivity index (χ0v) is 17.4. The fraction of sp³-hybridized carbons (Fsp3) is 0.158. The van der Waals surface area contributed by atoms with Gasteiger partial charge in [-0.15, -0.1) is 0 Å². The van der Waals surface area contributed by atoms with Crippen LogP contribution in [0.1, 0.15) is 19.4 Å². The quantitative estimate of drug-likeness (QED) is 0.563. The average molecular weight is 427 g/mol. The van der Waals surface area contributed by atoms with Gasteiger partial charge in [0.2, 0.25) is 0 Å². The minimum Gasteiger partial charge on any atom is -0.266 e. The summed E-state index contributed by atoms with van der Waals surface area (Å²) in [4.78, 5) is 15.5. The zero-order valence-electron chi connectivity index (χ0n) is 15.1. The average Bonchev–Trinajstić information content (AvgIpc) is 2.64. The van der Waals surface area contributed by atoms with E-state index >= 15 is 0 Å². The number of allylic oxidation sites excluding steroid dienone is 1. The molecule has 0 aliphatic rings. The first-order valence-electron chi connectivity index (χ1n) is 7.90. The van der Waals surface area contributed by atoms with Gasteiger partial charge in [0.15, 0.2) is 0 Å². The third-order valence-electron chi connectivity index (χ3n) is 3.17. The second-order valence-electron chi connectivity index (χ2n) is 5.20. The molecule has 0 bridgehead atoms. The Hall–Kier alpha value is -2.15. The van der Waals surface area contributed by atoms with Crippen LogP contribution in [0.4, 0.5) is 0 Å². The first kappa shape index (κ1) is 22.9. The van der Waals surface area contributed by atoms with Crippen LogP contribution in [0.3, 0.4) is 0 Å². The van der Waals surface area contributed by atoms with Crippen LogP contribution in [0, 0.1) is 6.92 Å². The van der Waals surface area contributed by atoms with E-state index in [0.29, 0.717) is 0 Å². The number of hydrogen-bond acceptors (Lipinski definition) is 4. The molecular formula is C19H20Cl2N2O3S. The molecule has 8 heteroatoms. The molecule has 0 spiro atoms. The molecule has 0 heterocycles. The van der Waals surface area contributed by atoms with Crippen molar-refractivity contribution in [1.82, 2.24) is 4.72 Å². The molecular weight excluding hydrogens is 407 g/mol. The molecule has 0 unspecified atom stereocenters. The maximum Gasteiger partial charge on any atom is 0.283 e. The van der Waals surface area contributed by atoms with Gasteiger partial charge in [-0.25, -0.2) is 13.1 Å². The number of sulfonamides is 1. The van der Waals surface area contributed by atoms with E-state index in [4.69, 9.17) is 23.2 Å².